The van der Waals surface area contributed by atoms with Crippen LogP contribution in [0.4, 0.5) is 5.69 Å². The number of benzene rings is 2. The Bertz CT molecular complexity index is 1640. The molecule has 0 saturated carbocycles. The largest absolute Gasteiger partial charge is 0.414 e. The predicted molar refractivity (Wildman–Crippen MR) is 120 cm³/mol. The van der Waals surface area contributed by atoms with Gasteiger partial charge in [-0.25, -0.2) is 13.2 Å². The van der Waals surface area contributed by atoms with Crippen LogP contribution < -0.4 is 9.24 Å². The summed E-state index contributed by atoms with van der Waals surface area (Å²) in [6, 6.07) is 15.4. The van der Waals surface area contributed by atoms with Crippen LogP contribution in [0.25, 0.3) is 21.2 Å². The van der Waals surface area contributed by atoms with Crippen LogP contribution in [0, 0.1) is 0 Å². The molecule has 0 spiro atoms. The van der Waals surface area contributed by atoms with E-state index in [4.69, 9.17) is 4.42 Å². The maximum atomic E-state index is 13.9. The summed E-state index contributed by atoms with van der Waals surface area (Å²) in [5, 5.41) is 0.619. The van der Waals surface area contributed by atoms with Crippen LogP contribution in [-0.4, -0.2) is 24.3 Å². The predicted octanol–water partition coefficient (Wildman–Crippen LogP) is 3.83. The van der Waals surface area contributed by atoms with Crippen molar-refractivity contribution in [2.24, 2.45) is 0 Å². The van der Waals surface area contributed by atoms with Gasteiger partial charge in [-0.1, -0.05) is 29.5 Å². The van der Waals surface area contributed by atoms with E-state index < -0.39 is 20.9 Å². The molecule has 0 bridgehead atoms. The Kier molecular flexibility index (Phi) is 4.80. The minimum atomic E-state index is -4.39. The molecule has 1 amide bonds. The molecule has 3 heterocycles. The Hall–Kier alpha value is -3.89. The fraction of sp³-hybridized carbons (Fsp3) is 0. The third-order valence-corrected chi connectivity index (χ3v) is 7.31. The molecule has 0 unspecified atom stereocenters. The molecule has 158 valence electrons. The van der Waals surface area contributed by atoms with Crippen molar-refractivity contribution in [3.8, 4) is 0 Å². The Morgan fingerprint density at radius 2 is 1.75 bits per heavy atom. The van der Waals surface area contributed by atoms with Crippen molar-refractivity contribution in [1.29, 1.82) is 0 Å². The highest BCUT2D eigenvalue weighted by molar-refractivity contribution is 7.93. The minimum Gasteiger partial charge on any atom is -0.414 e. The number of anilines is 1. The van der Waals surface area contributed by atoms with E-state index in [2.05, 4.69) is 9.97 Å². The molecular formula is C22H13N3O5S2. The average Bonchev–Trinajstić information content (AvgIpc) is 3.18. The number of rotatable bonds is 4. The number of carbonyl (C=O) groups excluding carboxylic acids is 1. The van der Waals surface area contributed by atoms with Crippen molar-refractivity contribution >= 4 is 54.1 Å². The lowest BCUT2D eigenvalue weighted by Crippen LogP contribution is -2.37. The Morgan fingerprint density at radius 3 is 2.56 bits per heavy atom. The molecule has 0 aliphatic carbocycles. The van der Waals surface area contributed by atoms with Crippen LogP contribution in [0.1, 0.15) is 10.4 Å². The number of aromatic nitrogens is 2. The number of sulfonamides is 1. The van der Waals surface area contributed by atoms with Crippen LogP contribution in [-0.2, 0) is 10.0 Å². The maximum Gasteiger partial charge on any atom is 0.396 e. The topological polar surface area (TPSA) is 110 Å². The summed E-state index contributed by atoms with van der Waals surface area (Å²) < 4.78 is 33.9. The highest BCUT2D eigenvalue weighted by Crippen LogP contribution is 2.32. The van der Waals surface area contributed by atoms with Gasteiger partial charge in [-0.15, -0.1) is 0 Å². The van der Waals surface area contributed by atoms with Gasteiger partial charge in [0.15, 0.2) is 0 Å². The Balaban J connectivity index is 1.76. The highest BCUT2D eigenvalue weighted by Gasteiger charge is 2.34. The van der Waals surface area contributed by atoms with E-state index in [9.17, 15) is 18.0 Å². The van der Waals surface area contributed by atoms with Crippen molar-refractivity contribution in [3.05, 3.63) is 94.6 Å². The van der Waals surface area contributed by atoms with E-state index in [1.165, 1.54) is 55.0 Å². The quantitative estimate of drug-likeness (QED) is 0.398. The van der Waals surface area contributed by atoms with Gasteiger partial charge in [-0.3, -0.25) is 14.8 Å². The molecule has 0 saturated heterocycles. The lowest BCUT2D eigenvalue weighted by atomic mass is 10.2. The summed E-state index contributed by atoms with van der Waals surface area (Å²) in [6.45, 7) is 0. The summed E-state index contributed by atoms with van der Waals surface area (Å²) in [6.07, 6.45) is 4.30. The Morgan fingerprint density at radius 1 is 0.969 bits per heavy atom. The van der Waals surface area contributed by atoms with E-state index in [1.807, 2.05) is 0 Å². The third-order valence-electron chi connectivity index (χ3n) is 4.77. The number of hydrogen-bond donors (Lipinski definition) is 0. The van der Waals surface area contributed by atoms with Gasteiger partial charge in [0.25, 0.3) is 15.9 Å². The molecule has 5 rings (SSSR count). The van der Waals surface area contributed by atoms with Gasteiger partial charge >= 0.3 is 4.94 Å². The summed E-state index contributed by atoms with van der Waals surface area (Å²) >= 11 is 0.823. The third kappa shape index (κ3) is 3.35. The molecule has 5 aromatic rings. The number of amides is 1. The first kappa shape index (κ1) is 20.0. The molecule has 8 nitrogen and oxygen atoms in total. The first-order valence-corrected chi connectivity index (χ1v) is 11.6. The second kappa shape index (κ2) is 7.66. The molecule has 32 heavy (non-hydrogen) atoms. The van der Waals surface area contributed by atoms with Crippen LogP contribution >= 0.6 is 11.3 Å². The van der Waals surface area contributed by atoms with Crippen molar-refractivity contribution in [1.82, 2.24) is 9.97 Å². The smallest absolute Gasteiger partial charge is 0.396 e. The van der Waals surface area contributed by atoms with E-state index in [1.54, 1.807) is 24.3 Å². The number of hydrogen-bond acceptors (Lipinski definition) is 8. The van der Waals surface area contributed by atoms with E-state index in [0.717, 1.165) is 15.6 Å². The molecule has 2 aromatic carbocycles. The molecule has 10 heteroatoms. The van der Waals surface area contributed by atoms with Crippen molar-refractivity contribution < 1.29 is 17.6 Å². The second-order valence-electron chi connectivity index (χ2n) is 6.73. The number of carbonyl (C=O) groups is 1. The number of nitrogens with zero attached hydrogens (tertiary/aromatic N) is 3. The molecule has 0 aliphatic rings. The normalized spacial score (nSPS) is 11.6. The molecule has 0 atom stereocenters. The van der Waals surface area contributed by atoms with E-state index >= 15 is 0 Å². The lowest BCUT2D eigenvalue weighted by molar-refractivity contribution is 0.101. The zero-order valence-corrected chi connectivity index (χ0v) is 17.8. The van der Waals surface area contributed by atoms with Crippen LogP contribution in [0.5, 0.6) is 0 Å². The van der Waals surface area contributed by atoms with Gasteiger partial charge in [-0.2, -0.15) is 4.31 Å². The average molecular weight is 463 g/mol. The van der Waals surface area contributed by atoms with Crippen LogP contribution in [0.15, 0.2) is 93.4 Å². The fourth-order valence-corrected chi connectivity index (χ4v) is 5.63. The van der Waals surface area contributed by atoms with Gasteiger partial charge < -0.3 is 4.42 Å². The summed E-state index contributed by atoms with van der Waals surface area (Å²) in [4.78, 5) is 32.6. The second-order valence-corrected chi connectivity index (χ2v) is 9.46. The number of fused-ring (bicyclic) bond motifs is 2. The zero-order valence-electron chi connectivity index (χ0n) is 16.2. The monoisotopic (exact) mass is 463 g/mol. The van der Waals surface area contributed by atoms with Crippen LogP contribution in [0.3, 0.4) is 0 Å². The summed E-state index contributed by atoms with van der Waals surface area (Å²) in [7, 11) is -4.39. The number of para-hydroxylation sites is 1. The van der Waals surface area contributed by atoms with Crippen molar-refractivity contribution in [3.63, 3.8) is 0 Å². The van der Waals surface area contributed by atoms with Crippen molar-refractivity contribution in [2.45, 2.75) is 4.90 Å². The van der Waals surface area contributed by atoms with Gasteiger partial charge in [0.05, 0.1) is 15.9 Å². The lowest BCUT2D eigenvalue weighted by Gasteiger charge is -2.23. The molecular weight excluding hydrogens is 450 g/mol. The molecule has 0 fully saturated rings. The summed E-state index contributed by atoms with van der Waals surface area (Å²) in [5.74, 6) is -0.768. The molecule has 0 aliphatic heterocycles. The molecule has 0 radical (unpaired) electrons. The maximum absolute atomic E-state index is 13.9. The molecule has 0 N–H and O–H groups in total. The van der Waals surface area contributed by atoms with Gasteiger partial charge in [0, 0.05) is 29.5 Å². The van der Waals surface area contributed by atoms with E-state index in [0.29, 0.717) is 15.7 Å². The highest BCUT2D eigenvalue weighted by atomic mass is 32.2. The first-order chi connectivity index (χ1) is 15.4. The SMILES string of the molecule is O=C(c1ccncc1)N(c1ccc2oc(=O)sc2c1)S(=O)(=O)c1cccc2cccnc12. The first-order valence-electron chi connectivity index (χ1n) is 9.32. The Labute approximate surface area is 185 Å². The van der Waals surface area contributed by atoms with Gasteiger partial charge in [0.1, 0.15) is 10.5 Å². The van der Waals surface area contributed by atoms with Gasteiger partial charge in [0.2, 0.25) is 0 Å². The van der Waals surface area contributed by atoms with Crippen molar-refractivity contribution in [2.75, 3.05) is 4.31 Å². The molecule has 3 aromatic heterocycles. The minimum absolute atomic E-state index is 0.0734. The number of pyridine rings is 2. The standard InChI is InChI=1S/C22H13N3O5S2/c26-21(15-8-11-23-12-9-15)25(16-6-7-17-18(13-16)31-22(27)30-17)32(28,29)19-5-1-3-14-4-2-10-24-20(14)19/h1-13H. The zero-order chi connectivity index (χ0) is 22.3. The van der Waals surface area contributed by atoms with Crippen LogP contribution in [0.2, 0.25) is 0 Å². The fourth-order valence-electron chi connectivity index (χ4n) is 3.35. The summed E-state index contributed by atoms with van der Waals surface area (Å²) in [5.41, 5.74) is 0.766. The van der Waals surface area contributed by atoms with E-state index in [-0.39, 0.29) is 21.7 Å². The van der Waals surface area contributed by atoms with Gasteiger partial charge in [-0.05, 0) is 42.5 Å².